The van der Waals surface area contributed by atoms with E-state index in [0.29, 0.717) is 22.8 Å². The molecule has 19 heavy (non-hydrogen) atoms. The number of methoxy groups -OCH3 is 1. The lowest BCUT2D eigenvalue weighted by Crippen LogP contribution is -2.14. The summed E-state index contributed by atoms with van der Waals surface area (Å²) in [6, 6.07) is 4.93. The van der Waals surface area contributed by atoms with Gasteiger partial charge in [-0.2, -0.15) is 5.10 Å². The van der Waals surface area contributed by atoms with Crippen molar-refractivity contribution >= 4 is 17.4 Å². The number of H-pyrrole nitrogens is 1. The Labute approximate surface area is 111 Å². The Balaban J connectivity index is 2.27. The number of carbonyl (C=O) groups excluding carboxylic acids is 1. The molecule has 0 atom stereocenters. The highest BCUT2D eigenvalue weighted by atomic mass is 16.5. The standard InChI is InChI=1S/C13H16N4O2/c1-3-8-7-15-17-12(8)16-13(18)10-6-9(14)4-5-11(10)19-2/h4-7H,3,14H2,1-2H3,(H2,15,16,17,18). The van der Waals surface area contributed by atoms with E-state index in [4.69, 9.17) is 10.5 Å². The molecule has 0 fully saturated rings. The van der Waals surface area contributed by atoms with Crippen LogP contribution in [0, 0.1) is 0 Å². The molecule has 0 saturated carbocycles. The number of carbonyl (C=O) groups is 1. The summed E-state index contributed by atoms with van der Waals surface area (Å²) in [6.45, 7) is 1.99. The molecule has 4 N–H and O–H groups in total. The van der Waals surface area contributed by atoms with Gasteiger partial charge in [-0.1, -0.05) is 6.92 Å². The van der Waals surface area contributed by atoms with Gasteiger partial charge in [0.05, 0.1) is 18.9 Å². The number of nitrogens with zero attached hydrogens (tertiary/aromatic N) is 1. The average Bonchev–Trinajstić information content (AvgIpc) is 2.85. The molecular weight excluding hydrogens is 244 g/mol. The smallest absolute Gasteiger partial charge is 0.260 e. The van der Waals surface area contributed by atoms with E-state index in [1.807, 2.05) is 6.92 Å². The highest BCUT2D eigenvalue weighted by Crippen LogP contribution is 2.22. The summed E-state index contributed by atoms with van der Waals surface area (Å²) in [4.78, 5) is 12.2. The van der Waals surface area contributed by atoms with Gasteiger partial charge in [0, 0.05) is 11.3 Å². The van der Waals surface area contributed by atoms with Crippen molar-refractivity contribution in [3.63, 3.8) is 0 Å². The van der Waals surface area contributed by atoms with Crippen molar-refractivity contribution in [2.45, 2.75) is 13.3 Å². The second-order valence-corrected chi connectivity index (χ2v) is 4.04. The Morgan fingerprint density at radius 2 is 2.32 bits per heavy atom. The molecule has 0 aliphatic heterocycles. The van der Waals surface area contributed by atoms with Gasteiger partial charge in [-0.05, 0) is 24.6 Å². The predicted molar refractivity (Wildman–Crippen MR) is 73.3 cm³/mol. The Morgan fingerprint density at radius 1 is 1.53 bits per heavy atom. The van der Waals surface area contributed by atoms with Crippen molar-refractivity contribution in [3.05, 3.63) is 35.5 Å². The van der Waals surface area contributed by atoms with Gasteiger partial charge in [-0.15, -0.1) is 0 Å². The van der Waals surface area contributed by atoms with E-state index in [2.05, 4.69) is 15.5 Å². The highest BCUT2D eigenvalue weighted by molar-refractivity contribution is 6.06. The van der Waals surface area contributed by atoms with Crippen LogP contribution in [0.25, 0.3) is 0 Å². The number of benzene rings is 1. The van der Waals surface area contributed by atoms with Gasteiger partial charge >= 0.3 is 0 Å². The number of nitrogens with one attached hydrogen (secondary N) is 2. The maximum Gasteiger partial charge on any atom is 0.260 e. The summed E-state index contributed by atoms with van der Waals surface area (Å²) >= 11 is 0. The first kappa shape index (κ1) is 12.9. The topological polar surface area (TPSA) is 93.0 Å². The predicted octanol–water partition coefficient (Wildman–Crippen LogP) is 1.82. The van der Waals surface area contributed by atoms with Gasteiger partial charge < -0.3 is 15.8 Å². The molecule has 6 heteroatoms. The maximum atomic E-state index is 12.2. The minimum atomic E-state index is -0.289. The van der Waals surface area contributed by atoms with Crippen LogP contribution >= 0.6 is 0 Å². The van der Waals surface area contributed by atoms with Crippen molar-refractivity contribution in [2.24, 2.45) is 0 Å². The second-order valence-electron chi connectivity index (χ2n) is 4.04. The highest BCUT2D eigenvalue weighted by Gasteiger charge is 2.15. The molecular formula is C13H16N4O2. The Bertz CT molecular complexity index is 592. The van der Waals surface area contributed by atoms with Crippen LogP contribution in [-0.4, -0.2) is 23.2 Å². The lowest BCUT2D eigenvalue weighted by Gasteiger charge is -2.09. The number of aromatic nitrogens is 2. The summed E-state index contributed by atoms with van der Waals surface area (Å²) in [5.74, 6) is 0.782. The zero-order valence-corrected chi connectivity index (χ0v) is 10.9. The number of aryl methyl sites for hydroxylation is 1. The van der Waals surface area contributed by atoms with E-state index in [9.17, 15) is 4.79 Å². The van der Waals surface area contributed by atoms with Crippen molar-refractivity contribution < 1.29 is 9.53 Å². The number of ether oxygens (including phenoxy) is 1. The van der Waals surface area contributed by atoms with E-state index in [-0.39, 0.29) is 5.91 Å². The first-order valence-corrected chi connectivity index (χ1v) is 5.92. The minimum absolute atomic E-state index is 0.289. The first-order chi connectivity index (χ1) is 9.15. The molecule has 6 nitrogen and oxygen atoms in total. The molecule has 0 unspecified atom stereocenters. The van der Waals surface area contributed by atoms with Gasteiger partial charge in [0.2, 0.25) is 0 Å². The number of hydrogen-bond donors (Lipinski definition) is 3. The number of nitrogen functional groups attached to an aromatic ring is 1. The Morgan fingerprint density at radius 3 is 3.00 bits per heavy atom. The fraction of sp³-hybridized carbons (Fsp3) is 0.231. The van der Waals surface area contributed by atoms with Crippen LogP contribution < -0.4 is 15.8 Å². The largest absolute Gasteiger partial charge is 0.496 e. The minimum Gasteiger partial charge on any atom is -0.496 e. The molecule has 2 aromatic rings. The molecule has 0 aliphatic carbocycles. The van der Waals surface area contributed by atoms with Crippen LogP contribution in [0.4, 0.5) is 11.5 Å². The van der Waals surface area contributed by atoms with Crippen molar-refractivity contribution in [3.8, 4) is 5.75 Å². The van der Waals surface area contributed by atoms with E-state index in [1.165, 1.54) is 7.11 Å². The number of hydrogen-bond acceptors (Lipinski definition) is 4. The number of rotatable bonds is 4. The SMILES string of the molecule is CCc1cn[nH]c1NC(=O)c1cc(N)ccc1OC. The van der Waals surface area contributed by atoms with Gasteiger partial charge in [-0.25, -0.2) is 0 Å². The molecule has 0 bridgehead atoms. The van der Waals surface area contributed by atoms with Gasteiger partial charge in [0.25, 0.3) is 5.91 Å². The van der Waals surface area contributed by atoms with E-state index >= 15 is 0 Å². The van der Waals surface area contributed by atoms with Gasteiger partial charge in [0.15, 0.2) is 0 Å². The monoisotopic (exact) mass is 260 g/mol. The molecule has 0 saturated heterocycles. The third kappa shape index (κ3) is 2.67. The van der Waals surface area contributed by atoms with Crippen LogP contribution in [0.2, 0.25) is 0 Å². The molecule has 0 aliphatic rings. The third-order valence-corrected chi connectivity index (χ3v) is 2.81. The van der Waals surface area contributed by atoms with E-state index in [0.717, 1.165) is 12.0 Å². The van der Waals surface area contributed by atoms with Gasteiger partial charge in [-0.3, -0.25) is 9.89 Å². The summed E-state index contributed by atoms with van der Waals surface area (Å²) in [5, 5.41) is 9.43. The molecule has 1 aromatic carbocycles. The third-order valence-electron chi connectivity index (χ3n) is 2.81. The quantitative estimate of drug-likeness (QED) is 0.731. The van der Waals surface area contributed by atoms with E-state index < -0.39 is 0 Å². The van der Waals surface area contributed by atoms with Gasteiger partial charge in [0.1, 0.15) is 11.6 Å². The first-order valence-electron chi connectivity index (χ1n) is 5.92. The maximum absolute atomic E-state index is 12.2. The normalized spacial score (nSPS) is 10.2. The van der Waals surface area contributed by atoms with Crippen LogP contribution in [0.5, 0.6) is 5.75 Å². The zero-order valence-electron chi connectivity index (χ0n) is 10.9. The lowest BCUT2D eigenvalue weighted by atomic mass is 10.1. The Hall–Kier alpha value is -2.50. The van der Waals surface area contributed by atoms with Crippen LogP contribution in [0.1, 0.15) is 22.8 Å². The Kier molecular flexibility index (Phi) is 3.70. The molecule has 1 heterocycles. The molecule has 100 valence electrons. The molecule has 1 amide bonds. The molecule has 1 aromatic heterocycles. The van der Waals surface area contributed by atoms with Crippen molar-refractivity contribution in [2.75, 3.05) is 18.2 Å². The number of anilines is 2. The number of aromatic amines is 1. The molecule has 2 rings (SSSR count). The summed E-state index contributed by atoms with van der Waals surface area (Å²) in [7, 11) is 1.51. The average molecular weight is 260 g/mol. The fourth-order valence-corrected chi connectivity index (χ4v) is 1.77. The number of amides is 1. The van der Waals surface area contributed by atoms with Crippen LogP contribution in [0.15, 0.2) is 24.4 Å². The molecule has 0 spiro atoms. The summed E-state index contributed by atoms with van der Waals surface area (Å²) in [6.07, 6.45) is 2.46. The van der Waals surface area contributed by atoms with Crippen LogP contribution in [0.3, 0.4) is 0 Å². The van der Waals surface area contributed by atoms with Crippen LogP contribution in [-0.2, 0) is 6.42 Å². The molecule has 0 radical (unpaired) electrons. The lowest BCUT2D eigenvalue weighted by molar-refractivity contribution is 0.102. The summed E-state index contributed by atoms with van der Waals surface area (Å²) in [5.41, 5.74) is 7.53. The van der Waals surface area contributed by atoms with Crippen molar-refractivity contribution in [1.82, 2.24) is 10.2 Å². The summed E-state index contributed by atoms with van der Waals surface area (Å²) < 4.78 is 5.15. The van der Waals surface area contributed by atoms with E-state index in [1.54, 1.807) is 24.4 Å². The zero-order chi connectivity index (χ0) is 13.8. The fourth-order valence-electron chi connectivity index (χ4n) is 1.77. The number of nitrogens with two attached hydrogens (primary N) is 1. The van der Waals surface area contributed by atoms with Crippen molar-refractivity contribution in [1.29, 1.82) is 0 Å². The second kappa shape index (κ2) is 5.43.